The second kappa shape index (κ2) is 6.30. The molecule has 0 fully saturated rings. The summed E-state index contributed by atoms with van der Waals surface area (Å²) in [5, 5.41) is 4.12. The third kappa shape index (κ3) is 2.35. The molecular formula is C27H19P. The zero-order valence-corrected chi connectivity index (χ0v) is 16.4. The smallest absolute Gasteiger partial charge is 0.0284 e. The summed E-state index contributed by atoms with van der Waals surface area (Å²) in [5.74, 6) is 2.68. The van der Waals surface area contributed by atoms with Gasteiger partial charge in [0.2, 0.25) is 0 Å². The Morgan fingerprint density at radius 2 is 1.64 bits per heavy atom. The largest absolute Gasteiger partial charge is 0.0720 e. The lowest BCUT2D eigenvalue weighted by atomic mass is 9.75. The molecule has 0 bridgehead atoms. The van der Waals surface area contributed by atoms with E-state index in [2.05, 4.69) is 103 Å². The minimum atomic E-state index is 0.329. The summed E-state index contributed by atoms with van der Waals surface area (Å²) >= 11 is 0. The predicted octanol–water partition coefficient (Wildman–Crippen LogP) is 6.53. The minimum absolute atomic E-state index is 0.329. The van der Waals surface area contributed by atoms with E-state index >= 15 is 0 Å². The molecule has 2 aromatic carbocycles. The van der Waals surface area contributed by atoms with Gasteiger partial charge < -0.3 is 0 Å². The maximum absolute atomic E-state index is 2.39. The summed E-state index contributed by atoms with van der Waals surface area (Å²) in [5.41, 5.74) is 8.29. The van der Waals surface area contributed by atoms with E-state index in [1.807, 2.05) is 0 Å². The molecule has 0 aromatic heterocycles. The molecule has 0 radical (unpaired) electrons. The highest BCUT2D eigenvalue weighted by atomic mass is 31.1. The lowest BCUT2D eigenvalue weighted by Gasteiger charge is -2.29. The van der Waals surface area contributed by atoms with Crippen LogP contribution in [0.3, 0.4) is 0 Å². The fourth-order valence-corrected chi connectivity index (χ4v) is 5.70. The van der Waals surface area contributed by atoms with Gasteiger partial charge >= 0.3 is 0 Å². The van der Waals surface area contributed by atoms with E-state index in [9.17, 15) is 0 Å². The van der Waals surface area contributed by atoms with Crippen LogP contribution in [0.4, 0.5) is 0 Å². The number of hydrogen-bond donors (Lipinski definition) is 0. The molecule has 28 heavy (non-hydrogen) atoms. The third-order valence-electron chi connectivity index (χ3n) is 5.96. The molecule has 132 valence electrons. The van der Waals surface area contributed by atoms with Crippen LogP contribution in [-0.2, 0) is 0 Å². The molecule has 2 aromatic rings. The average molecular weight is 374 g/mol. The Hall–Kier alpha value is -2.95. The summed E-state index contributed by atoms with van der Waals surface area (Å²) in [4.78, 5) is 0. The zero-order valence-electron chi connectivity index (χ0n) is 15.4. The second-order valence-corrected chi connectivity index (χ2v) is 8.62. The fraction of sp³-hybridized carbons (Fsp3) is 0.0370. The molecule has 2 unspecified atom stereocenters. The van der Waals surface area contributed by atoms with Crippen molar-refractivity contribution in [3.8, 4) is 0 Å². The Kier molecular flexibility index (Phi) is 3.61. The van der Waals surface area contributed by atoms with Crippen LogP contribution in [0.25, 0.3) is 16.3 Å². The molecule has 4 aliphatic rings. The van der Waals surface area contributed by atoms with Gasteiger partial charge in [-0.25, -0.2) is 0 Å². The molecule has 0 N–H and O–H groups in total. The van der Waals surface area contributed by atoms with Crippen LogP contribution >= 0.6 is 8.58 Å². The standard InChI is InChI=1S/C27H19P/c1-2-7-18(6-1)20-10-5-11-22-23(20)13-14-25-24(22)16-17-28-26-15-12-19-8-3-4-9-21(19)27(25)26/h1-17,23,28H. The fourth-order valence-electron chi connectivity index (χ4n) is 4.68. The van der Waals surface area contributed by atoms with Gasteiger partial charge in [0.05, 0.1) is 0 Å². The number of benzene rings is 2. The molecule has 0 nitrogen and oxygen atoms in total. The first kappa shape index (κ1) is 16.0. The van der Waals surface area contributed by atoms with Gasteiger partial charge in [-0.05, 0) is 49.5 Å². The van der Waals surface area contributed by atoms with E-state index < -0.39 is 0 Å². The van der Waals surface area contributed by atoms with E-state index in [4.69, 9.17) is 0 Å². The molecule has 2 atom stereocenters. The van der Waals surface area contributed by atoms with Crippen LogP contribution in [-0.4, -0.2) is 0 Å². The summed E-state index contributed by atoms with van der Waals surface area (Å²) in [6, 6.07) is 13.3. The van der Waals surface area contributed by atoms with Crippen molar-refractivity contribution in [1.29, 1.82) is 0 Å². The maximum Gasteiger partial charge on any atom is 0.0284 e. The van der Waals surface area contributed by atoms with Gasteiger partial charge in [-0.1, -0.05) is 112 Å². The molecule has 0 spiro atoms. The summed E-state index contributed by atoms with van der Waals surface area (Å²) in [7, 11) is 0.700. The highest BCUT2D eigenvalue weighted by Gasteiger charge is 2.28. The van der Waals surface area contributed by atoms with E-state index in [1.54, 1.807) is 0 Å². The molecule has 0 amide bonds. The maximum atomic E-state index is 2.39. The summed E-state index contributed by atoms with van der Waals surface area (Å²) < 4.78 is 0. The lowest BCUT2D eigenvalue weighted by molar-refractivity contribution is 0.913. The number of hydrogen-bond acceptors (Lipinski definition) is 0. The Morgan fingerprint density at radius 1 is 0.750 bits per heavy atom. The first-order valence-electron chi connectivity index (χ1n) is 9.75. The van der Waals surface area contributed by atoms with Crippen LogP contribution in [0, 0.1) is 5.92 Å². The van der Waals surface area contributed by atoms with Gasteiger partial charge in [-0.2, -0.15) is 0 Å². The topological polar surface area (TPSA) is 0 Å². The first-order valence-corrected chi connectivity index (χ1v) is 10.8. The van der Waals surface area contributed by atoms with Crippen LogP contribution < -0.4 is 5.30 Å². The van der Waals surface area contributed by atoms with E-state index in [0.717, 1.165) is 0 Å². The van der Waals surface area contributed by atoms with E-state index in [1.165, 1.54) is 49.5 Å². The molecule has 3 aliphatic carbocycles. The van der Waals surface area contributed by atoms with Gasteiger partial charge in [-0.15, -0.1) is 0 Å². The first-order chi connectivity index (χ1) is 13.9. The van der Waals surface area contributed by atoms with Crippen molar-refractivity contribution in [2.45, 2.75) is 0 Å². The van der Waals surface area contributed by atoms with Gasteiger partial charge in [-0.3, -0.25) is 0 Å². The van der Waals surface area contributed by atoms with Crippen molar-refractivity contribution in [2.75, 3.05) is 0 Å². The Bertz CT molecular complexity index is 1250. The van der Waals surface area contributed by atoms with E-state index in [0.29, 0.717) is 14.5 Å². The monoisotopic (exact) mass is 374 g/mol. The van der Waals surface area contributed by atoms with E-state index in [-0.39, 0.29) is 0 Å². The Morgan fingerprint density at radius 3 is 2.57 bits per heavy atom. The molecule has 0 saturated heterocycles. The average Bonchev–Trinajstić information content (AvgIpc) is 3.20. The highest BCUT2D eigenvalue weighted by molar-refractivity contribution is 7.50. The van der Waals surface area contributed by atoms with Crippen molar-refractivity contribution in [3.05, 3.63) is 131 Å². The van der Waals surface area contributed by atoms with Gasteiger partial charge in [0.15, 0.2) is 0 Å². The van der Waals surface area contributed by atoms with Crippen molar-refractivity contribution in [1.82, 2.24) is 0 Å². The number of rotatable bonds is 0. The van der Waals surface area contributed by atoms with Crippen molar-refractivity contribution >= 4 is 30.2 Å². The minimum Gasteiger partial charge on any atom is -0.0720 e. The molecule has 6 rings (SSSR count). The SMILES string of the molecule is C1=CC(=C2C=CC=C3C4=C(C=CC32)c2c(ccc3ccccc23)PC=C4)C=C1. The highest BCUT2D eigenvalue weighted by Crippen LogP contribution is 2.45. The van der Waals surface area contributed by atoms with Crippen LogP contribution in [0.15, 0.2) is 125 Å². The molecule has 1 heteroatoms. The lowest BCUT2D eigenvalue weighted by Crippen LogP contribution is -2.15. The summed E-state index contributed by atoms with van der Waals surface area (Å²) in [6.07, 6.45) is 22.6. The van der Waals surface area contributed by atoms with Crippen LogP contribution in [0.1, 0.15) is 5.56 Å². The van der Waals surface area contributed by atoms with Gasteiger partial charge in [0.1, 0.15) is 0 Å². The van der Waals surface area contributed by atoms with Crippen molar-refractivity contribution in [3.63, 3.8) is 0 Å². The zero-order chi connectivity index (χ0) is 18.5. The molecule has 0 saturated carbocycles. The van der Waals surface area contributed by atoms with Crippen molar-refractivity contribution in [2.24, 2.45) is 5.92 Å². The normalized spacial score (nSPS) is 22.6. The number of fused-ring (bicyclic) bond motifs is 6. The van der Waals surface area contributed by atoms with Crippen LogP contribution in [0.2, 0.25) is 0 Å². The molecule has 1 aliphatic heterocycles. The molecule has 1 heterocycles. The number of allylic oxidation sites excluding steroid dienone is 15. The predicted molar refractivity (Wildman–Crippen MR) is 123 cm³/mol. The van der Waals surface area contributed by atoms with Crippen LogP contribution in [0.5, 0.6) is 0 Å². The third-order valence-corrected chi connectivity index (χ3v) is 7.02. The summed E-state index contributed by atoms with van der Waals surface area (Å²) in [6.45, 7) is 0. The van der Waals surface area contributed by atoms with Gasteiger partial charge in [0, 0.05) is 5.92 Å². The second-order valence-electron chi connectivity index (χ2n) is 7.46. The molecular weight excluding hydrogens is 355 g/mol. The quantitative estimate of drug-likeness (QED) is 0.460. The van der Waals surface area contributed by atoms with Crippen molar-refractivity contribution < 1.29 is 0 Å². The Labute approximate surface area is 167 Å². The van der Waals surface area contributed by atoms with Gasteiger partial charge in [0.25, 0.3) is 0 Å². The Balaban J connectivity index is 1.60.